The van der Waals surface area contributed by atoms with Crippen LogP contribution in [0, 0.1) is 6.92 Å². The summed E-state index contributed by atoms with van der Waals surface area (Å²) in [5.74, 6) is -0.219. The van der Waals surface area contributed by atoms with Gasteiger partial charge in [0.15, 0.2) is 0 Å². The van der Waals surface area contributed by atoms with E-state index in [-0.39, 0.29) is 5.91 Å². The Morgan fingerprint density at radius 3 is 2.65 bits per heavy atom. The van der Waals surface area contributed by atoms with Crippen molar-refractivity contribution in [3.05, 3.63) is 53.5 Å². The normalized spacial score (nSPS) is 20.1. The lowest BCUT2D eigenvalue weighted by Crippen LogP contribution is -2.40. The fourth-order valence-corrected chi connectivity index (χ4v) is 2.47. The first-order valence-electron chi connectivity index (χ1n) is 7.00. The topological polar surface area (TPSA) is 100 Å². The summed E-state index contributed by atoms with van der Waals surface area (Å²) in [7, 11) is 0. The number of anilines is 1. The SMILES string of the molecule is Cc1occc1C(=O)Nc1cccc([C@@]2(C)NC(=O)NC2=O)c1. The first-order valence-corrected chi connectivity index (χ1v) is 7.00. The van der Waals surface area contributed by atoms with E-state index in [0.717, 1.165) is 0 Å². The number of urea groups is 1. The number of hydrogen-bond acceptors (Lipinski definition) is 4. The maximum atomic E-state index is 12.2. The number of amides is 4. The van der Waals surface area contributed by atoms with Crippen LogP contribution >= 0.6 is 0 Å². The van der Waals surface area contributed by atoms with E-state index in [2.05, 4.69) is 16.0 Å². The van der Waals surface area contributed by atoms with Crippen LogP contribution in [0.5, 0.6) is 0 Å². The number of aryl methyl sites for hydroxylation is 1. The number of furan rings is 1. The lowest BCUT2D eigenvalue weighted by Gasteiger charge is -2.21. The van der Waals surface area contributed by atoms with Crippen molar-refractivity contribution in [1.82, 2.24) is 10.6 Å². The van der Waals surface area contributed by atoms with E-state index >= 15 is 0 Å². The third-order valence-electron chi connectivity index (χ3n) is 3.85. The summed E-state index contributed by atoms with van der Waals surface area (Å²) < 4.78 is 5.11. The Morgan fingerprint density at radius 2 is 2.04 bits per heavy atom. The van der Waals surface area contributed by atoms with Gasteiger partial charge in [-0.15, -0.1) is 0 Å². The van der Waals surface area contributed by atoms with Crippen LogP contribution in [0.3, 0.4) is 0 Å². The van der Waals surface area contributed by atoms with Gasteiger partial charge < -0.3 is 15.1 Å². The molecular formula is C16H15N3O4. The molecule has 1 saturated heterocycles. The highest BCUT2D eigenvalue weighted by Crippen LogP contribution is 2.26. The van der Waals surface area contributed by atoms with E-state index in [1.807, 2.05) is 0 Å². The van der Waals surface area contributed by atoms with Crippen molar-refractivity contribution in [2.75, 3.05) is 5.32 Å². The average Bonchev–Trinajstić information content (AvgIpc) is 3.03. The molecule has 0 spiro atoms. The molecule has 0 aliphatic carbocycles. The van der Waals surface area contributed by atoms with Crippen molar-refractivity contribution in [2.24, 2.45) is 0 Å². The van der Waals surface area contributed by atoms with Crippen molar-refractivity contribution in [2.45, 2.75) is 19.4 Å². The molecule has 0 saturated carbocycles. The fraction of sp³-hybridized carbons (Fsp3) is 0.188. The zero-order chi connectivity index (χ0) is 16.6. The zero-order valence-electron chi connectivity index (χ0n) is 12.6. The second kappa shape index (κ2) is 5.28. The number of rotatable bonds is 3. The average molecular weight is 313 g/mol. The van der Waals surface area contributed by atoms with Gasteiger partial charge in [0.05, 0.1) is 11.8 Å². The van der Waals surface area contributed by atoms with E-state index < -0.39 is 17.5 Å². The van der Waals surface area contributed by atoms with Gasteiger partial charge in [-0.05, 0) is 37.6 Å². The van der Waals surface area contributed by atoms with Crippen molar-refractivity contribution in [1.29, 1.82) is 0 Å². The van der Waals surface area contributed by atoms with E-state index in [1.54, 1.807) is 44.2 Å². The van der Waals surface area contributed by atoms with Crippen LogP contribution in [-0.4, -0.2) is 17.8 Å². The Labute approximate surface area is 132 Å². The van der Waals surface area contributed by atoms with Gasteiger partial charge in [-0.25, -0.2) is 4.79 Å². The minimum atomic E-state index is -1.16. The first kappa shape index (κ1) is 14.8. The molecule has 1 fully saturated rings. The van der Waals surface area contributed by atoms with Gasteiger partial charge in [0.2, 0.25) is 0 Å². The minimum absolute atomic E-state index is 0.307. The fourth-order valence-electron chi connectivity index (χ4n) is 2.47. The molecule has 0 radical (unpaired) electrons. The predicted molar refractivity (Wildman–Crippen MR) is 81.9 cm³/mol. The van der Waals surface area contributed by atoms with Gasteiger partial charge in [0.1, 0.15) is 11.3 Å². The molecular weight excluding hydrogens is 298 g/mol. The van der Waals surface area contributed by atoms with E-state index in [4.69, 9.17) is 4.42 Å². The first-order chi connectivity index (χ1) is 10.9. The number of carbonyl (C=O) groups excluding carboxylic acids is 3. The molecule has 2 heterocycles. The summed E-state index contributed by atoms with van der Waals surface area (Å²) in [6.07, 6.45) is 1.44. The Bertz CT molecular complexity index is 811. The molecule has 7 heteroatoms. The third-order valence-corrected chi connectivity index (χ3v) is 3.85. The lowest BCUT2D eigenvalue weighted by molar-refractivity contribution is -0.123. The molecule has 7 nitrogen and oxygen atoms in total. The van der Waals surface area contributed by atoms with Crippen molar-refractivity contribution in [3.63, 3.8) is 0 Å². The van der Waals surface area contributed by atoms with Gasteiger partial charge in [0, 0.05) is 5.69 Å². The standard InChI is InChI=1S/C16H15N3O4/c1-9-12(6-7-23-9)13(20)17-11-5-3-4-10(8-11)16(2)14(21)18-15(22)19-16/h3-8H,1-2H3,(H,17,20)(H2,18,19,21,22)/t16-/m1/s1. The van der Waals surface area contributed by atoms with Gasteiger partial charge in [0.25, 0.3) is 11.8 Å². The largest absolute Gasteiger partial charge is 0.469 e. The van der Waals surface area contributed by atoms with Crippen molar-refractivity contribution >= 4 is 23.5 Å². The Balaban J connectivity index is 1.86. The van der Waals surface area contributed by atoms with Crippen LogP contribution in [0.2, 0.25) is 0 Å². The summed E-state index contributed by atoms with van der Waals surface area (Å²) in [5, 5.41) is 7.54. The highest BCUT2D eigenvalue weighted by Gasteiger charge is 2.43. The Kier molecular flexibility index (Phi) is 3.40. The number of hydrogen-bond donors (Lipinski definition) is 3. The van der Waals surface area contributed by atoms with Gasteiger partial charge >= 0.3 is 6.03 Å². The maximum absolute atomic E-state index is 12.2. The molecule has 0 bridgehead atoms. The number of imide groups is 1. The highest BCUT2D eigenvalue weighted by atomic mass is 16.3. The molecule has 1 atom stereocenters. The van der Waals surface area contributed by atoms with Crippen LogP contribution in [0.1, 0.15) is 28.6 Å². The minimum Gasteiger partial charge on any atom is -0.469 e. The molecule has 1 aromatic heterocycles. The second-order valence-corrected chi connectivity index (χ2v) is 5.46. The molecule has 118 valence electrons. The maximum Gasteiger partial charge on any atom is 0.322 e. The number of carbonyl (C=O) groups is 3. The van der Waals surface area contributed by atoms with Gasteiger partial charge in [-0.2, -0.15) is 0 Å². The molecule has 0 unspecified atom stereocenters. The summed E-state index contributed by atoms with van der Waals surface area (Å²) in [6.45, 7) is 3.30. The summed E-state index contributed by atoms with van der Waals surface area (Å²) in [5.41, 5.74) is 0.364. The van der Waals surface area contributed by atoms with Gasteiger partial charge in [-0.3, -0.25) is 14.9 Å². The summed E-state index contributed by atoms with van der Waals surface area (Å²) >= 11 is 0. The van der Waals surface area contributed by atoms with Crippen LogP contribution in [-0.2, 0) is 10.3 Å². The smallest absolute Gasteiger partial charge is 0.322 e. The molecule has 2 aromatic rings. The van der Waals surface area contributed by atoms with Gasteiger partial charge in [-0.1, -0.05) is 12.1 Å². The highest BCUT2D eigenvalue weighted by molar-refractivity contribution is 6.08. The molecule has 1 aliphatic heterocycles. The van der Waals surface area contributed by atoms with Crippen molar-refractivity contribution in [3.8, 4) is 0 Å². The van der Waals surface area contributed by atoms with E-state index in [0.29, 0.717) is 22.6 Å². The van der Waals surface area contributed by atoms with Crippen LogP contribution in [0.25, 0.3) is 0 Å². The molecule has 4 amide bonds. The van der Waals surface area contributed by atoms with Crippen LogP contribution in [0.4, 0.5) is 10.5 Å². The van der Waals surface area contributed by atoms with Crippen LogP contribution < -0.4 is 16.0 Å². The molecule has 3 rings (SSSR count). The second-order valence-electron chi connectivity index (χ2n) is 5.46. The quantitative estimate of drug-likeness (QED) is 0.753. The number of nitrogens with one attached hydrogen (secondary N) is 3. The summed E-state index contributed by atoms with van der Waals surface area (Å²) in [4.78, 5) is 35.6. The van der Waals surface area contributed by atoms with Crippen LogP contribution in [0.15, 0.2) is 41.0 Å². The van der Waals surface area contributed by atoms with Crippen molar-refractivity contribution < 1.29 is 18.8 Å². The lowest BCUT2D eigenvalue weighted by atomic mass is 9.92. The zero-order valence-corrected chi connectivity index (χ0v) is 12.6. The predicted octanol–water partition coefficient (Wildman–Crippen LogP) is 1.89. The molecule has 1 aliphatic rings. The van der Waals surface area contributed by atoms with E-state index in [9.17, 15) is 14.4 Å². The third kappa shape index (κ3) is 2.57. The molecule has 23 heavy (non-hydrogen) atoms. The Morgan fingerprint density at radius 1 is 1.26 bits per heavy atom. The molecule has 3 N–H and O–H groups in total. The number of benzene rings is 1. The monoisotopic (exact) mass is 313 g/mol. The Hall–Kier alpha value is -3.09. The van der Waals surface area contributed by atoms with E-state index in [1.165, 1.54) is 6.26 Å². The summed E-state index contributed by atoms with van der Waals surface area (Å²) in [6, 6.07) is 7.81. The molecule has 1 aromatic carbocycles.